The molecule has 1 saturated carbocycles. The van der Waals surface area contributed by atoms with E-state index in [4.69, 9.17) is 4.98 Å². The van der Waals surface area contributed by atoms with E-state index < -0.39 is 5.97 Å². The molecule has 1 aliphatic rings. The van der Waals surface area contributed by atoms with Crippen LogP contribution in [0.15, 0.2) is 48.8 Å². The molecule has 5 nitrogen and oxygen atoms in total. The van der Waals surface area contributed by atoms with E-state index in [1.165, 1.54) is 11.6 Å². The number of carboxylic acid groups (broad SMARTS) is 1. The molecule has 1 atom stereocenters. The summed E-state index contributed by atoms with van der Waals surface area (Å²) < 4.78 is 15.7. The predicted molar refractivity (Wildman–Crippen MR) is 114 cm³/mol. The lowest BCUT2D eigenvalue weighted by atomic mass is 9.74. The van der Waals surface area contributed by atoms with Crippen LogP contribution < -0.4 is 0 Å². The van der Waals surface area contributed by atoms with Gasteiger partial charge in [-0.25, -0.2) is 14.2 Å². The maximum absolute atomic E-state index is 13.7. The average Bonchev–Trinajstić information content (AvgIpc) is 3.36. The molecule has 6 heteroatoms. The van der Waals surface area contributed by atoms with Crippen molar-refractivity contribution < 1.29 is 14.3 Å². The molecular formula is C24H24FN3O2. The lowest BCUT2D eigenvalue weighted by molar-refractivity contribution is 0.0697. The highest BCUT2D eigenvalue weighted by Crippen LogP contribution is 2.42. The second kappa shape index (κ2) is 7.27. The SMILES string of the molecule is CC(c1nc2ccc(C(=O)O)cc2[nH]1)C1CCC(c2ccn3ccc(F)cc23)CC1. The molecule has 1 aliphatic carbocycles. The van der Waals surface area contributed by atoms with Crippen LogP contribution in [0.3, 0.4) is 0 Å². The van der Waals surface area contributed by atoms with E-state index in [1.54, 1.807) is 30.5 Å². The van der Waals surface area contributed by atoms with E-state index in [-0.39, 0.29) is 17.3 Å². The van der Waals surface area contributed by atoms with Crippen LogP contribution in [-0.4, -0.2) is 25.4 Å². The van der Waals surface area contributed by atoms with Gasteiger partial charge in [0, 0.05) is 18.3 Å². The van der Waals surface area contributed by atoms with Gasteiger partial charge in [0.1, 0.15) is 11.6 Å². The van der Waals surface area contributed by atoms with Crippen molar-refractivity contribution in [3.05, 3.63) is 71.6 Å². The molecule has 154 valence electrons. The van der Waals surface area contributed by atoms with Crippen LogP contribution in [0, 0.1) is 11.7 Å². The van der Waals surface area contributed by atoms with Crippen LogP contribution in [0.2, 0.25) is 0 Å². The molecule has 0 saturated heterocycles. The van der Waals surface area contributed by atoms with E-state index in [2.05, 4.69) is 18.0 Å². The van der Waals surface area contributed by atoms with E-state index in [1.807, 2.05) is 10.6 Å². The normalized spacial score (nSPS) is 20.6. The predicted octanol–water partition coefficient (Wildman–Crippen LogP) is 5.73. The molecule has 0 spiro atoms. The summed E-state index contributed by atoms with van der Waals surface area (Å²) in [6.07, 6.45) is 8.13. The van der Waals surface area contributed by atoms with Gasteiger partial charge in [-0.1, -0.05) is 6.92 Å². The molecule has 0 aliphatic heterocycles. The number of aromatic nitrogens is 3. The fourth-order valence-electron chi connectivity index (χ4n) is 4.97. The Morgan fingerprint density at radius 2 is 1.93 bits per heavy atom. The average molecular weight is 405 g/mol. The lowest BCUT2D eigenvalue weighted by Crippen LogP contribution is -2.19. The number of aromatic carboxylic acids is 1. The number of rotatable bonds is 4. The van der Waals surface area contributed by atoms with Crippen molar-refractivity contribution in [2.24, 2.45) is 5.92 Å². The van der Waals surface area contributed by atoms with Crippen molar-refractivity contribution in [2.45, 2.75) is 44.4 Å². The minimum Gasteiger partial charge on any atom is -0.478 e. The number of benzene rings is 1. The van der Waals surface area contributed by atoms with Crippen LogP contribution in [0.4, 0.5) is 4.39 Å². The van der Waals surface area contributed by atoms with E-state index in [0.717, 1.165) is 48.1 Å². The van der Waals surface area contributed by atoms with Crippen molar-refractivity contribution in [3.63, 3.8) is 0 Å². The van der Waals surface area contributed by atoms with Crippen LogP contribution in [-0.2, 0) is 0 Å². The van der Waals surface area contributed by atoms with E-state index in [0.29, 0.717) is 11.8 Å². The second-order valence-electron chi connectivity index (χ2n) is 8.47. The number of nitrogens with one attached hydrogen (secondary N) is 1. The van der Waals surface area contributed by atoms with Crippen LogP contribution in [0.1, 0.15) is 66.2 Å². The Morgan fingerprint density at radius 1 is 1.17 bits per heavy atom. The fraction of sp³-hybridized carbons (Fsp3) is 0.333. The number of fused-ring (bicyclic) bond motifs is 2. The number of pyridine rings is 1. The molecule has 1 unspecified atom stereocenters. The zero-order valence-electron chi connectivity index (χ0n) is 16.8. The molecule has 0 radical (unpaired) electrons. The molecule has 0 amide bonds. The highest BCUT2D eigenvalue weighted by Gasteiger charge is 2.29. The van der Waals surface area contributed by atoms with Gasteiger partial charge in [0.05, 0.1) is 22.1 Å². The Hall–Kier alpha value is -3.15. The molecule has 1 fully saturated rings. The third-order valence-corrected chi connectivity index (χ3v) is 6.75. The Kier molecular flexibility index (Phi) is 4.57. The number of carboxylic acids is 1. The Labute approximate surface area is 173 Å². The van der Waals surface area contributed by atoms with Crippen LogP contribution in [0.5, 0.6) is 0 Å². The van der Waals surface area contributed by atoms with Crippen molar-refractivity contribution in [1.29, 1.82) is 0 Å². The number of H-pyrrole nitrogens is 1. The second-order valence-corrected chi connectivity index (χ2v) is 8.47. The van der Waals surface area contributed by atoms with Gasteiger partial charge >= 0.3 is 5.97 Å². The maximum Gasteiger partial charge on any atom is 0.335 e. The van der Waals surface area contributed by atoms with Crippen molar-refractivity contribution in [2.75, 3.05) is 0 Å². The minimum absolute atomic E-state index is 0.194. The number of halogens is 1. The van der Waals surface area contributed by atoms with Gasteiger partial charge in [-0.15, -0.1) is 0 Å². The Morgan fingerprint density at radius 3 is 2.70 bits per heavy atom. The van der Waals surface area contributed by atoms with Crippen LogP contribution >= 0.6 is 0 Å². The lowest BCUT2D eigenvalue weighted by Gasteiger charge is -2.31. The Balaban J connectivity index is 1.32. The number of hydrogen-bond donors (Lipinski definition) is 2. The van der Waals surface area contributed by atoms with Gasteiger partial charge in [0.15, 0.2) is 0 Å². The molecule has 30 heavy (non-hydrogen) atoms. The summed E-state index contributed by atoms with van der Waals surface area (Å²) in [4.78, 5) is 19.3. The highest BCUT2D eigenvalue weighted by molar-refractivity contribution is 5.92. The first-order chi connectivity index (χ1) is 14.5. The summed E-state index contributed by atoms with van der Waals surface area (Å²) in [6.45, 7) is 2.20. The van der Waals surface area contributed by atoms with E-state index in [9.17, 15) is 14.3 Å². The summed E-state index contributed by atoms with van der Waals surface area (Å²) >= 11 is 0. The number of hydrogen-bond acceptors (Lipinski definition) is 2. The molecule has 1 aromatic carbocycles. The maximum atomic E-state index is 13.7. The van der Waals surface area contributed by atoms with Crippen molar-refractivity contribution in [3.8, 4) is 0 Å². The number of nitrogens with zero attached hydrogens (tertiary/aromatic N) is 2. The zero-order chi connectivity index (χ0) is 20.8. The third-order valence-electron chi connectivity index (χ3n) is 6.75. The first-order valence-electron chi connectivity index (χ1n) is 10.5. The molecule has 0 bridgehead atoms. The van der Waals surface area contributed by atoms with Gasteiger partial charge < -0.3 is 14.5 Å². The Bertz CT molecular complexity index is 1230. The molecular weight excluding hydrogens is 381 g/mol. The number of imidazole rings is 1. The smallest absolute Gasteiger partial charge is 0.335 e. The molecule has 5 rings (SSSR count). The summed E-state index contributed by atoms with van der Waals surface area (Å²) in [5, 5.41) is 9.19. The fourth-order valence-corrected chi connectivity index (χ4v) is 4.97. The van der Waals surface area contributed by atoms with Gasteiger partial charge in [-0.3, -0.25) is 0 Å². The highest BCUT2D eigenvalue weighted by atomic mass is 19.1. The summed E-state index contributed by atoms with van der Waals surface area (Å²) in [6, 6.07) is 10.2. The molecule has 3 aromatic heterocycles. The van der Waals surface area contributed by atoms with Crippen molar-refractivity contribution >= 4 is 22.5 Å². The number of carbonyl (C=O) groups is 1. The summed E-state index contributed by atoms with van der Waals surface area (Å²) in [5.41, 5.74) is 4.05. The van der Waals surface area contributed by atoms with Gasteiger partial charge in [-0.2, -0.15) is 0 Å². The van der Waals surface area contributed by atoms with Gasteiger partial charge in [-0.05, 0) is 79.5 Å². The third kappa shape index (κ3) is 3.26. The molecule has 3 heterocycles. The first-order valence-corrected chi connectivity index (χ1v) is 10.5. The standard InChI is InChI=1S/C24H24FN3O2/c1-14(23-26-20-7-6-17(24(29)30)12-21(20)27-23)15-2-4-16(5-3-15)19-9-11-28-10-8-18(25)13-22(19)28/h6-16H,2-5H2,1H3,(H,26,27)(H,29,30). The zero-order valence-corrected chi connectivity index (χ0v) is 16.8. The number of aromatic amines is 1. The van der Waals surface area contributed by atoms with Gasteiger partial charge in [0.25, 0.3) is 0 Å². The molecule has 4 aromatic rings. The summed E-state index contributed by atoms with van der Waals surface area (Å²) in [7, 11) is 0. The topological polar surface area (TPSA) is 70.4 Å². The van der Waals surface area contributed by atoms with Crippen molar-refractivity contribution in [1.82, 2.24) is 14.4 Å². The van der Waals surface area contributed by atoms with Gasteiger partial charge in [0.2, 0.25) is 0 Å². The quantitative estimate of drug-likeness (QED) is 0.455. The van der Waals surface area contributed by atoms with Crippen LogP contribution in [0.25, 0.3) is 16.6 Å². The summed E-state index contributed by atoms with van der Waals surface area (Å²) in [5.74, 6) is 1.04. The first kappa shape index (κ1) is 18.9. The largest absolute Gasteiger partial charge is 0.478 e. The minimum atomic E-state index is -0.933. The monoisotopic (exact) mass is 405 g/mol. The van der Waals surface area contributed by atoms with E-state index >= 15 is 0 Å². The molecule has 2 N–H and O–H groups in total.